The summed E-state index contributed by atoms with van der Waals surface area (Å²) in [6.07, 6.45) is 0. The van der Waals surface area contributed by atoms with Crippen LogP contribution in [0, 0.1) is 0 Å². The van der Waals surface area contributed by atoms with Crippen LogP contribution in [0.4, 0.5) is 16.2 Å². The molecule has 0 atom stereocenters. The quantitative estimate of drug-likeness (QED) is 0.787. The van der Waals surface area contributed by atoms with Crippen molar-refractivity contribution < 1.29 is 24.2 Å². The molecule has 23 heavy (non-hydrogen) atoms. The first kappa shape index (κ1) is 16.2. The van der Waals surface area contributed by atoms with Crippen molar-refractivity contribution in [2.24, 2.45) is 0 Å². The minimum Gasteiger partial charge on any atom is -0.497 e. The second kappa shape index (κ2) is 7.17. The van der Waals surface area contributed by atoms with Gasteiger partial charge in [-0.05, 0) is 24.3 Å². The van der Waals surface area contributed by atoms with Crippen LogP contribution in [0.1, 0.15) is 10.4 Å². The van der Waals surface area contributed by atoms with Crippen molar-refractivity contribution >= 4 is 23.4 Å². The molecule has 0 aliphatic carbocycles. The van der Waals surface area contributed by atoms with E-state index in [0.29, 0.717) is 17.2 Å². The number of carbonyl (C=O) groups excluding carboxylic acids is 1. The Labute approximate surface area is 132 Å². The van der Waals surface area contributed by atoms with Crippen LogP contribution < -0.4 is 20.1 Å². The summed E-state index contributed by atoms with van der Waals surface area (Å²) in [6, 6.07) is 10.5. The van der Waals surface area contributed by atoms with Crippen LogP contribution >= 0.6 is 0 Å². The largest absolute Gasteiger partial charge is 0.497 e. The number of methoxy groups -OCH3 is 2. The zero-order chi connectivity index (χ0) is 16.8. The summed E-state index contributed by atoms with van der Waals surface area (Å²) in [5, 5.41) is 14.2. The van der Waals surface area contributed by atoms with E-state index in [9.17, 15) is 9.59 Å². The highest BCUT2D eigenvalue weighted by molar-refractivity contribution is 6.05. The molecular weight excluding hydrogens is 300 g/mol. The van der Waals surface area contributed by atoms with Crippen molar-refractivity contribution in [1.82, 2.24) is 0 Å². The van der Waals surface area contributed by atoms with Crippen molar-refractivity contribution in [3.63, 3.8) is 0 Å². The first-order valence-corrected chi connectivity index (χ1v) is 6.67. The number of hydrogen-bond donors (Lipinski definition) is 3. The summed E-state index contributed by atoms with van der Waals surface area (Å²) in [5.74, 6) is -0.126. The summed E-state index contributed by atoms with van der Waals surface area (Å²) in [7, 11) is 2.99. The summed E-state index contributed by atoms with van der Waals surface area (Å²) in [4.78, 5) is 23.3. The normalized spacial score (nSPS) is 9.83. The number of para-hydroxylation sites is 1. The van der Waals surface area contributed by atoms with Crippen LogP contribution in [-0.2, 0) is 0 Å². The lowest BCUT2D eigenvalue weighted by Crippen LogP contribution is -2.21. The van der Waals surface area contributed by atoms with Crippen molar-refractivity contribution in [3.05, 3.63) is 48.0 Å². The van der Waals surface area contributed by atoms with Crippen LogP contribution in [0.3, 0.4) is 0 Å². The number of carboxylic acid groups (broad SMARTS) is 1. The minimum atomic E-state index is -1.13. The van der Waals surface area contributed by atoms with Gasteiger partial charge < -0.3 is 25.2 Å². The zero-order valence-electron chi connectivity index (χ0n) is 12.6. The van der Waals surface area contributed by atoms with Gasteiger partial charge in [-0.25, -0.2) is 9.59 Å². The molecule has 0 saturated carbocycles. The van der Waals surface area contributed by atoms with Gasteiger partial charge in [0.1, 0.15) is 11.5 Å². The number of anilines is 2. The van der Waals surface area contributed by atoms with Gasteiger partial charge >= 0.3 is 12.0 Å². The van der Waals surface area contributed by atoms with Gasteiger partial charge in [-0.15, -0.1) is 0 Å². The monoisotopic (exact) mass is 316 g/mol. The number of hydrogen-bond acceptors (Lipinski definition) is 4. The first-order chi connectivity index (χ1) is 11.0. The van der Waals surface area contributed by atoms with E-state index >= 15 is 0 Å². The number of aromatic carboxylic acids is 1. The number of rotatable bonds is 5. The summed E-state index contributed by atoms with van der Waals surface area (Å²) in [5.41, 5.74) is 0.594. The van der Waals surface area contributed by atoms with E-state index in [1.54, 1.807) is 30.3 Å². The van der Waals surface area contributed by atoms with E-state index in [4.69, 9.17) is 14.6 Å². The molecule has 0 heterocycles. The molecule has 2 aromatic rings. The lowest BCUT2D eigenvalue weighted by molar-refractivity contribution is 0.0698. The van der Waals surface area contributed by atoms with E-state index < -0.39 is 12.0 Å². The van der Waals surface area contributed by atoms with Crippen LogP contribution in [0.15, 0.2) is 42.5 Å². The molecule has 3 N–H and O–H groups in total. The number of benzene rings is 2. The molecule has 0 aromatic heterocycles. The molecule has 0 fully saturated rings. The molecule has 7 heteroatoms. The lowest BCUT2D eigenvalue weighted by atomic mass is 10.2. The Balaban J connectivity index is 2.19. The number of ether oxygens (including phenoxy) is 2. The van der Waals surface area contributed by atoms with E-state index in [1.807, 2.05) is 0 Å². The topological polar surface area (TPSA) is 96.9 Å². The Morgan fingerprint density at radius 2 is 1.65 bits per heavy atom. The lowest BCUT2D eigenvalue weighted by Gasteiger charge is -2.13. The van der Waals surface area contributed by atoms with Crippen molar-refractivity contribution in [3.8, 4) is 11.5 Å². The number of nitrogens with one attached hydrogen (secondary N) is 2. The molecule has 0 aliphatic rings. The standard InChI is InChI=1S/C16H16N2O5/c1-22-10-7-8-14(23-2)13(9-10)18-16(21)17-12-6-4-3-5-11(12)15(19)20/h3-9H,1-2H3,(H,19,20)(H2,17,18,21). The van der Waals surface area contributed by atoms with Crippen LogP contribution in [0.5, 0.6) is 11.5 Å². The molecule has 0 spiro atoms. The second-order valence-electron chi connectivity index (χ2n) is 4.50. The third-order valence-electron chi connectivity index (χ3n) is 3.06. The molecule has 7 nitrogen and oxygen atoms in total. The third-order valence-corrected chi connectivity index (χ3v) is 3.06. The second-order valence-corrected chi connectivity index (χ2v) is 4.50. The first-order valence-electron chi connectivity index (χ1n) is 6.67. The van der Waals surface area contributed by atoms with Gasteiger partial charge in [0.2, 0.25) is 0 Å². The van der Waals surface area contributed by atoms with Gasteiger partial charge in [-0.2, -0.15) is 0 Å². The zero-order valence-corrected chi connectivity index (χ0v) is 12.6. The molecule has 2 amide bonds. The Kier molecular flexibility index (Phi) is 5.03. The summed E-state index contributed by atoms with van der Waals surface area (Å²) < 4.78 is 10.3. The summed E-state index contributed by atoms with van der Waals surface area (Å²) >= 11 is 0. The fraction of sp³-hybridized carbons (Fsp3) is 0.125. The maximum atomic E-state index is 12.1. The minimum absolute atomic E-state index is 0.000238. The third kappa shape index (κ3) is 3.91. The SMILES string of the molecule is COc1ccc(OC)c(NC(=O)Nc2ccccc2C(=O)O)c1. The molecular formula is C16H16N2O5. The molecule has 0 radical (unpaired) electrons. The van der Waals surface area contributed by atoms with E-state index in [2.05, 4.69) is 10.6 Å². The molecule has 2 aromatic carbocycles. The molecule has 120 valence electrons. The van der Waals surface area contributed by atoms with Gasteiger partial charge in [0.05, 0.1) is 31.2 Å². The maximum Gasteiger partial charge on any atom is 0.337 e. The number of carbonyl (C=O) groups is 2. The molecule has 0 saturated heterocycles. The maximum absolute atomic E-state index is 12.1. The Bertz CT molecular complexity index is 730. The Morgan fingerprint density at radius 1 is 0.957 bits per heavy atom. The number of amides is 2. The predicted molar refractivity (Wildman–Crippen MR) is 85.6 cm³/mol. The molecule has 0 unspecified atom stereocenters. The highest BCUT2D eigenvalue weighted by Crippen LogP contribution is 2.29. The predicted octanol–water partition coefficient (Wildman–Crippen LogP) is 3.05. The average molecular weight is 316 g/mol. The molecule has 0 bridgehead atoms. The van der Waals surface area contributed by atoms with Crippen molar-refractivity contribution in [2.75, 3.05) is 24.9 Å². The van der Waals surface area contributed by atoms with E-state index in [0.717, 1.165) is 0 Å². The Hall–Kier alpha value is -3.22. The van der Waals surface area contributed by atoms with Crippen LogP contribution in [-0.4, -0.2) is 31.3 Å². The smallest absolute Gasteiger partial charge is 0.337 e. The fourth-order valence-electron chi connectivity index (χ4n) is 1.97. The van der Waals surface area contributed by atoms with E-state index in [-0.39, 0.29) is 11.3 Å². The highest BCUT2D eigenvalue weighted by Gasteiger charge is 2.13. The van der Waals surface area contributed by atoms with Gasteiger partial charge in [0.15, 0.2) is 0 Å². The van der Waals surface area contributed by atoms with Crippen LogP contribution in [0.25, 0.3) is 0 Å². The van der Waals surface area contributed by atoms with Crippen LogP contribution in [0.2, 0.25) is 0 Å². The fourth-order valence-corrected chi connectivity index (χ4v) is 1.97. The van der Waals surface area contributed by atoms with E-state index in [1.165, 1.54) is 26.4 Å². The highest BCUT2D eigenvalue weighted by atomic mass is 16.5. The number of carboxylic acids is 1. The number of urea groups is 1. The summed E-state index contributed by atoms with van der Waals surface area (Å²) in [6.45, 7) is 0. The van der Waals surface area contributed by atoms with Gasteiger partial charge in [-0.3, -0.25) is 0 Å². The Morgan fingerprint density at radius 3 is 2.30 bits per heavy atom. The molecule has 2 rings (SSSR count). The van der Waals surface area contributed by atoms with Gasteiger partial charge in [0, 0.05) is 6.07 Å². The average Bonchev–Trinajstić information content (AvgIpc) is 2.55. The van der Waals surface area contributed by atoms with Crippen molar-refractivity contribution in [1.29, 1.82) is 0 Å². The van der Waals surface area contributed by atoms with Gasteiger partial charge in [-0.1, -0.05) is 12.1 Å². The molecule has 0 aliphatic heterocycles. The van der Waals surface area contributed by atoms with Gasteiger partial charge in [0.25, 0.3) is 0 Å². The van der Waals surface area contributed by atoms with Crippen molar-refractivity contribution in [2.45, 2.75) is 0 Å².